The number of carbonyl (C=O) groups is 1. The molecule has 32 heavy (non-hydrogen) atoms. The molecule has 0 radical (unpaired) electrons. The van der Waals surface area contributed by atoms with Crippen LogP contribution < -0.4 is 15.0 Å². The number of rotatable bonds is 6. The number of anilines is 2. The van der Waals surface area contributed by atoms with Crippen molar-refractivity contribution in [3.8, 4) is 0 Å². The van der Waals surface area contributed by atoms with Crippen LogP contribution in [0.2, 0.25) is 0 Å². The molecule has 2 aromatic rings. The smallest absolute Gasteiger partial charge is 0.372 e. The highest BCUT2D eigenvalue weighted by Crippen LogP contribution is 2.33. The zero-order valence-corrected chi connectivity index (χ0v) is 18.1. The normalized spacial score (nSPS) is 15.9. The van der Waals surface area contributed by atoms with Gasteiger partial charge in [0.15, 0.2) is 5.71 Å². The molecule has 2 N–H and O–H groups in total. The summed E-state index contributed by atoms with van der Waals surface area (Å²) < 4.78 is 63.6. The number of carbonyl (C=O) groups excluding carboxylic acids is 1. The van der Waals surface area contributed by atoms with E-state index in [4.69, 9.17) is 5.14 Å². The average molecular weight is 466 g/mol. The number of hydrogen-bond acceptors (Lipinski definition) is 5. The van der Waals surface area contributed by atoms with E-state index in [1.807, 2.05) is 13.8 Å². The Morgan fingerprint density at radius 1 is 1.03 bits per heavy atom. The number of benzene rings is 2. The molecular formula is C21H21F3N4O3S. The van der Waals surface area contributed by atoms with Crippen LogP contribution in [0.15, 0.2) is 64.1 Å². The van der Waals surface area contributed by atoms with Gasteiger partial charge in [-0.15, -0.1) is 0 Å². The standard InChI is InChI=1S/C21H21F3N4O3S/c1-3-27(4-2)15-7-5-14(6-8-15)13-18-19(21(22,23)24)26-28(20(18)29)16-9-11-17(12-10-16)32(25,30)31/h5-13H,3-4H2,1-2H3,(H2,25,30,31)/b18-13-. The van der Waals surface area contributed by atoms with Crippen molar-refractivity contribution in [1.82, 2.24) is 0 Å². The van der Waals surface area contributed by atoms with E-state index in [1.165, 1.54) is 0 Å². The number of alkyl halides is 3. The summed E-state index contributed by atoms with van der Waals surface area (Å²) in [5.41, 5.74) is -0.636. The maximum absolute atomic E-state index is 13.6. The highest BCUT2D eigenvalue weighted by atomic mass is 32.2. The van der Waals surface area contributed by atoms with Gasteiger partial charge in [0.25, 0.3) is 5.91 Å². The van der Waals surface area contributed by atoms with Gasteiger partial charge >= 0.3 is 6.18 Å². The van der Waals surface area contributed by atoms with Gasteiger partial charge in [0.2, 0.25) is 10.0 Å². The molecule has 0 atom stereocenters. The number of nitrogens with two attached hydrogens (primary N) is 1. The number of hydrogen-bond donors (Lipinski definition) is 1. The minimum absolute atomic E-state index is 0.0237. The number of sulfonamides is 1. The minimum atomic E-state index is -4.86. The Morgan fingerprint density at radius 2 is 1.59 bits per heavy atom. The van der Waals surface area contributed by atoms with Crippen molar-refractivity contribution in [1.29, 1.82) is 0 Å². The quantitative estimate of drug-likeness (QED) is 0.659. The van der Waals surface area contributed by atoms with E-state index >= 15 is 0 Å². The summed E-state index contributed by atoms with van der Waals surface area (Å²) in [5.74, 6) is -0.978. The molecular weight excluding hydrogens is 445 g/mol. The molecule has 0 fully saturated rings. The second-order valence-electron chi connectivity index (χ2n) is 6.92. The Bertz CT molecular complexity index is 1170. The Labute approximate surface area is 183 Å². The summed E-state index contributed by atoms with van der Waals surface area (Å²) in [4.78, 5) is 14.6. The predicted molar refractivity (Wildman–Crippen MR) is 117 cm³/mol. The van der Waals surface area contributed by atoms with Gasteiger partial charge in [-0.05, 0) is 61.9 Å². The van der Waals surface area contributed by atoms with Crippen molar-refractivity contribution < 1.29 is 26.4 Å². The van der Waals surface area contributed by atoms with Crippen LogP contribution in [0.4, 0.5) is 24.5 Å². The molecule has 0 unspecified atom stereocenters. The molecule has 0 bridgehead atoms. The first-order valence-corrected chi connectivity index (χ1v) is 11.2. The van der Waals surface area contributed by atoms with Crippen molar-refractivity contribution >= 4 is 39.1 Å². The number of nitrogens with zero attached hydrogens (tertiary/aromatic N) is 3. The van der Waals surface area contributed by atoms with Gasteiger partial charge in [-0.2, -0.15) is 23.3 Å². The Balaban J connectivity index is 1.98. The first kappa shape index (κ1) is 23.5. The van der Waals surface area contributed by atoms with Crippen LogP contribution in [0.5, 0.6) is 0 Å². The SMILES string of the molecule is CCN(CC)c1ccc(/C=C2\C(=O)N(c3ccc(S(N)(=O)=O)cc3)N=C2C(F)(F)F)cc1. The first-order valence-electron chi connectivity index (χ1n) is 9.66. The highest BCUT2D eigenvalue weighted by Gasteiger charge is 2.46. The van der Waals surface area contributed by atoms with Crippen LogP contribution in [0.3, 0.4) is 0 Å². The van der Waals surface area contributed by atoms with Crippen LogP contribution in [-0.2, 0) is 14.8 Å². The number of halogens is 3. The van der Waals surface area contributed by atoms with E-state index in [1.54, 1.807) is 24.3 Å². The molecule has 7 nitrogen and oxygen atoms in total. The van der Waals surface area contributed by atoms with Gasteiger partial charge in [0.1, 0.15) is 0 Å². The summed E-state index contributed by atoms with van der Waals surface area (Å²) in [6.07, 6.45) is -3.72. The maximum atomic E-state index is 13.6. The molecule has 2 aromatic carbocycles. The lowest BCUT2D eigenvalue weighted by atomic mass is 10.1. The van der Waals surface area contributed by atoms with Crippen molar-refractivity contribution in [3.05, 3.63) is 59.7 Å². The number of primary sulfonamides is 1. The fourth-order valence-corrected chi connectivity index (χ4v) is 3.76. The Hall–Kier alpha value is -3.18. The van der Waals surface area contributed by atoms with Crippen LogP contribution in [0, 0.1) is 0 Å². The molecule has 0 aromatic heterocycles. The largest absolute Gasteiger partial charge is 0.435 e. The number of hydrazone groups is 1. The van der Waals surface area contributed by atoms with E-state index < -0.39 is 33.4 Å². The molecule has 0 aliphatic carbocycles. The van der Waals surface area contributed by atoms with Crippen molar-refractivity contribution in [2.24, 2.45) is 10.2 Å². The zero-order chi connectivity index (χ0) is 23.7. The second kappa shape index (κ2) is 8.75. The molecule has 3 rings (SSSR count). The average Bonchev–Trinajstić information content (AvgIpc) is 3.06. The molecule has 0 saturated heterocycles. The summed E-state index contributed by atoms with van der Waals surface area (Å²) >= 11 is 0. The van der Waals surface area contributed by atoms with Gasteiger partial charge in [0.05, 0.1) is 16.2 Å². The molecule has 1 amide bonds. The van der Waals surface area contributed by atoms with Gasteiger partial charge in [-0.3, -0.25) is 4.79 Å². The minimum Gasteiger partial charge on any atom is -0.372 e. The van der Waals surface area contributed by atoms with E-state index in [0.29, 0.717) is 10.6 Å². The lowest BCUT2D eigenvalue weighted by Crippen LogP contribution is -2.25. The molecule has 1 aliphatic rings. The fourth-order valence-electron chi connectivity index (χ4n) is 3.24. The maximum Gasteiger partial charge on any atom is 0.435 e. The van der Waals surface area contributed by atoms with Crippen molar-refractivity contribution in [2.75, 3.05) is 23.0 Å². The second-order valence-corrected chi connectivity index (χ2v) is 8.49. The van der Waals surface area contributed by atoms with Crippen LogP contribution in [0.1, 0.15) is 19.4 Å². The fraction of sp³-hybridized carbons (Fsp3) is 0.238. The molecule has 11 heteroatoms. The molecule has 0 saturated carbocycles. The zero-order valence-electron chi connectivity index (χ0n) is 17.3. The molecule has 1 heterocycles. The topological polar surface area (TPSA) is 96.1 Å². The third kappa shape index (κ3) is 4.83. The summed E-state index contributed by atoms with van der Waals surface area (Å²) in [6.45, 7) is 5.54. The lowest BCUT2D eigenvalue weighted by Gasteiger charge is -2.20. The number of amides is 1. The molecule has 170 valence electrons. The van der Waals surface area contributed by atoms with Crippen molar-refractivity contribution in [2.45, 2.75) is 24.9 Å². The van der Waals surface area contributed by atoms with E-state index in [2.05, 4.69) is 10.0 Å². The lowest BCUT2D eigenvalue weighted by molar-refractivity contribution is -0.114. The summed E-state index contributed by atoms with van der Waals surface area (Å²) in [7, 11) is -3.99. The summed E-state index contributed by atoms with van der Waals surface area (Å²) in [5, 5.41) is 9.08. The highest BCUT2D eigenvalue weighted by molar-refractivity contribution is 7.89. The monoisotopic (exact) mass is 466 g/mol. The predicted octanol–water partition coefficient (Wildman–Crippen LogP) is 3.53. The first-order chi connectivity index (χ1) is 15.0. The van der Waals surface area contributed by atoms with Crippen molar-refractivity contribution in [3.63, 3.8) is 0 Å². The molecule has 1 aliphatic heterocycles. The Morgan fingerprint density at radius 3 is 2.06 bits per heavy atom. The van der Waals surface area contributed by atoms with E-state index in [-0.39, 0.29) is 10.6 Å². The molecule has 0 spiro atoms. The van der Waals surface area contributed by atoms with Crippen LogP contribution in [-0.4, -0.2) is 39.3 Å². The van der Waals surface area contributed by atoms with E-state index in [9.17, 15) is 26.4 Å². The summed E-state index contributed by atoms with van der Waals surface area (Å²) in [6, 6.07) is 11.3. The van der Waals surface area contributed by atoms with Crippen LogP contribution in [0.25, 0.3) is 6.08 Å². The third-order valence-corrected chi connectivity index (χ3v) is 5.82. The van der Waals surface area contributed by atoms with Gasteiger partial charge in [-0.1, -0.05) is 12.1 Å². The van der Waals surface area contributed by atoms with Gasteiger partial charge < -0.3 is 4.90 Å². The van der Waals surface area contributed by atoms with E-state index in [0.717, 1.165) is 49.1 Å². The van der Waals surface area contributed by atoms with Gasteiger partial charge in [0, 0.05) is 18.8 Å². The van der Waals surface area contributed by atoms with Gasteiger partial charge in [-0.25, -0.2) is 13.6 Å². The third-order valence-electron chi connectivity index (χ3n) is 4.89. The Kier molecular flexibility index (Phi) is 6.42. The van der Waals surface area contributed by atoms with Crippen LogP contribution >= 0.6 is 0 Å².